The van der Waals surface area contributed by atoms with Gasteiger partial charge in [-0.1, -0.05) is 12.1 Å². The van der Waals surface area contributed by atoms with Gasteiger partial charge in [-0.2, -0.15) is 0 Å². The molecule has 214 valence electrons. The number of amides is 1. The minimum atomic E-state index is -0.0359. The van der Waals surface area contributed by atoms with Crippen LogP contribution in [-0.4, -0.2) is 59.7 Å². The first-order chi connectivity index (χ1) is 19.3. The molecule has 0 saturated carbocycles. The zero-order valence-corrected chi connectivity index (χ0v) is 24.6. The van der Waals surface area contributed by atoms with Crippen molar-refractivity contribution in [1.29, 1.82) is 0 Å². The van der Waals surface area contributed by atoms with Gasteiger partial charge in [-0.15, -0.1) is 0 Å². The van der Waals surface area contributed by atoms with Gasteiger partial charge in [0, 0.05) is 61.9 Å². The van der Waals surface area contributed by atoms with Crippen molar-refractivity contribution in [3.05, 3.63) is 88.2 Å². The van der Waals surface area contributed by atoms with Crippen molar-refractivity contribution in [2.45, 2.75) is 72.2 Å². The number of carbonyl (C=O) groups is 1. The second-order valence-electron chi connectivity index (χ2n) is 11.1. The average Bonchev–Trinajstić information content (AvgIpc) is 2.96. The van der Waals surface area contributed by atoms with E-state index in [9.17, 15) is 9.90 Å². The second kappa shape index (κ2) is 13.8. The number of carbonyl (C=O) groups excluding carboxylic acids is 1. The van der Waals surface area contributed by atoms with E-state index < -0.39 is 0 Å². The summed E-state index contributed by atoms with van der Waals surface area (Å²) in [6.45, 7) is 11.8. The molecular weight excluding hydrogens is 500 g/mol. The smallest absolute Gasteiger partial charge is 0.251 e. The van der Waals surface area contributed by atoms with Crippen LogP contribution >= 0.6 is 0 Å². The van der Waals surface area contributed by atoms with E-state index in [2.05, 4.69) is 52.1 Å². The normalized spacial score (nSPS) is 15.1. The van der Waals surface area contributed by atoms with E-state index in [0.29, 0.717) is 24.2 Å². The van der Waals surface area contributed by atoms with Gasteiger partial charge >= 0.3 is 0 Å². The van der Waals surface area contributed by atoms with E-state index in [1.54, 1.807) is 7.11 Å². The number of methoxy groups -OCH3 is 1. The van der Waals surface area contributed by atoms with Gasteiger partial charge in [0.1, 0.15) is 5.75 Å². The van der Waals surface area contributed by atoms with Crippen LogP contribution in [-0.2, 0) is 13.2 Å². The fourth-order valence-corrected chi connectivity index (χ4v) is 5.86. The molecule has 0 aliphatic carbocycles. The Morgan fingerprint density at radius 2 is 1.77 bits per heavy atom. The Morgan fingerprint density at radius 3 is 2.38 bits per heavy atom. The van der Waals surface area contributed by atoms with Gasteiger partial charge < -0.3 is 25.0 Å². The van der Waals surface area contributed by atoms with Crippen molar-refractivity contribution in [2.24, 2.45) is 0 Å². The molecule has 0 radical (unpaired) electrons. The number of anilines is 1. The zero-order valence-electron chi connectivity index (χ0n) is 24.6. The fourth-order valence-electron chi connectivity index (χ4n) is 5.86. The van der Waals surface area contributed by atoms with Gasteiger partial charge in [0.2, 0.25) is 0 Å². The van der Waals surface area contributed by atoms with E-state index in [0.717, 1.165) is 61.3 Å². The molecule has 0 unspecified atom stereocenters. The Kier molecular flexibility index (Phi) is 10.2. The summed E-state index contributed by atoms with van der Waals surface area (Å²) in [6, 6.07) is 15.1. The molecule has 7 heteroatoms. The van der Waals surface area contributed by atoms with Crippen molar-refractivity contribution in [1.82, 2.24) is 15.2 Å². The quantitative estimate of drug-likeness (QED) is 0.346. The van der Waals surface area contributed by atoms with E-state index >= 15 is 0 Å². The summed E-state index contributed by atoms with van der Waals surface area (Å²) >= 11 is 0. The first-order valence-electron chi connectivity index (χ1n) is 14.3. The van der Waals surface area contributed by atoms with Gasteiger partial charge in [0.25, 0.3) is 5.91 Å². The van der Waals surface area contributed by atoms with Gasteiger partial charge in [0.05, 0.1) is 13.7 Å². The number of nitrogens with zero attached hydrogens (tertiary/aromatic N) is 3. The van der Waals surface area contributed by atoms with Gasteiger partial charge in [-0.05, 0) is 105 Å². The van der Waals surface area contributed by atoms with Crippen LogP contribution in [0.5, 0.6) is 5.75 Å². The molecular formula is C33H44N4O3. The third kappa shape index (κ3) is 7.20. The van der Waals surface area contributed by atoms with Crippen molar-refractivity contribution >= 4 is 11.6 Å². The number of likely N-dealkylation sites (tertiary alicyclic amines) is 1. The Morgan fingerprint density at radius 1 is 1.10 bits per heavy atom. The summed E-state index contributed by atoms with van der Waals surface area (Å²) in [4.78, 5) is 22.4. The number of hydrogen-bond acceptors (Lipinski definition) is 6. The van der Waals surface area contributed by atoms with Crippen LogP contribution in [0.25, 0.3) is 0 Å². The summed E-state index contributed by atoms with van der Waals surface area (Å²) in [7, 11) is 1.70. The topological polar surface area (TPSA) is 77.9 Å². The van der Waals surface area contributed by atoms with Crippen molar-refractivity contribution in [3.63, 3.8) is 0 Å². The Balaban J connectivity index is 1.34. The molecule has 1 amide bonds. The Labute approximate surface area is 239 Å². The number of piperidine rings is 1. The van der Waals surface area contributed by atoms with Crippen molar-refractivity contribution in [2.75, 3.05) is 31.6 Å². The monoisotopic (exact) mass is 544 g/mol. The average molecular weight is 545 g/mol. The third-order valence-corrected chi connectivity index (χ3v) is 8.31. The van der Waals surface area contributed by atoms with Crippen LogP contribution < -0.4 is 15.0 Å². The predicted molar refractivity (Wildman–Crippen MR) is 161 cm³/mol. The summed E-state index contributed by atoms with van der Waals surface area (Å²) < 4.78 is 5.39. The van der Waals surface area contributed by atoms with Crippen LogP contribution in [0.2, 0.25) is 0 Å². The molecule has 0 spiro atoms. The maximum absolute atomic E-state index is 12.9. The zero-order chi connectivity index (χ0) is 28.6. The molecule has 1 aromatic heterocycles. The largest absolute Gasteiger partial charge is 0.497 e. The third-order valence-electron chi connectivity index (χ3n) is 8.31. The fraction of sp³-hybridized carbons (Fsp3) is 0.455. The highest BCUT2D eigenvalue weighted by Crippen LogP contribution is 2.29. The maximum atomic E-state index is 12.9. The number of hydrogen-bond donors (Lipinski definition) is 2. The first-order valence-corrected chi connectivity index (χ1v) is 14.3. The summed E-state index contributed by atoms with van der Waals surface area (Å²) in [5.41, 5.74) is 7.07. The number of aromatic nitrogens is 1. The van der Waals surface area contributed by atoms with Crippen molar-refractivity contribution < 1.29 is 14.6 Å². The van der Waals surface area contributed by atoms with E-state index in [1.807, 2.05) is 50.5 Å². The first kappa shape index (κ1) is 29.6. The maximum Gasteiger partial charge on any atom is 0.251 e. The van der Waals surface area contributed by atoms with Gasteiger partial charge in [0.15, 0.2) is 0 Å². The molecule has 40 heavy (non-hydrogen) atoms. The van der Waals surface area contributed by atoms with E-state index in [-0.39, 0.29) is 12.5 Å². The number of aliphatic hydroxyl groups excluding tert-OH is 1. The summed E-state index contributed by atoms with van der Waals surface area (Å²) in [5.74, 6) is 0.829. The lowest BCUT2D eigenvalue weighted by atomic mass is 9.98. The molecule has 3 aromatic rings. The minimum absolute atomic E-state index is 0.0151. The second-order valence-corrected chi connectivity index (χ2v) is 11.1. The molecule has 7 nitrogen and oxygen atoms in total. The lowest BCUT2D eigenvalue weighted by Crippen LogP contribution is -2.48. The van der Waals surface area contributed by atoms with E-state index in [4.69, 9.17) is 4.74 Å². The highest BCUT2D eigenvalue weighted by Gasteiger charge is 2.28. The SMILES string of the molecule is COc1ccc(N(Cc2cnccc2C)C2CCN([C@H](C)CCNC(=O)c3c(C)cc(CO)cc3C)CC2)cc1. The Hall–Kier alpha value is -3.42. The molecule has 1 atom stereocenters. The highest BCUT2D eigenvalue weighted by atomic mass is 16.5. The number of rotatable bonds is 11. The highest BCUT2D eigenvalue weighted by molar-refractivity contribution is 5.97. The minimum Gasteiger partial charge on any atom is -0.497 e. The Bertz CT molecular complexity index is 1250. The number of nitrogens with one attached hydrogen (secondary N) is 1. The molecule has 1 aliphatic heterocycles. The molecule has 4 rings (SSSR count). The molecule has 0 bridgehead atoms. The number of aryl methyl sites for hydroxylation is 3. The molecule has 1 fully saturated rings. The molecule has 2 aromatic carbocycles. The summed E-state index contributed by atoms with van der Waals surface area (Å²) in [6.07, 6.45) is 6.91. The molecule has 2 N–H and O–H groups in total. The number of benzene rings is 2. The van der Waals surface area contributed by atoms with E-state index in [1.165, 1.54) is 16.8 Å². The number of pyridine rings is 1. The standard InChI is InChI=1S/C33H44N4O3/c1-23-10-14-34-20-28(23)21-37(29-6-8-31(40-5)9-7-29)30-12-16-36(17-13-30)26(4)11-15-35-33(39)32-24(2)18-27(22-38)19-25(32)3/h6-10,14,18-20,26,30,38H,11-13,15-17,21-22H2,1-5H3,(H,35,39)/t26-/m1/s1. The van der Waals surface area contributed by atoms with Gasteiger partial charge in [-0.3, -0.25) is 9.78 Å². The number of ether oxygens (including phenoxy) is 1. The van der Waals surface area contributed by atoms with Gasteiger partial charge in [-0.25, -0.2) is 0 Å². The van der Waals surface area contributed by atoms with Crippen LogP contribution in [0.4, 0.5) is 5.69 Å². The van der Waals surface area contributed by atoms with Crippen LogP contribution in [0, 0.1) is 20.8 Å². The molecule has 1 saturated heterocycles. The lowest BCUT2D eigenvalue weighted by Gasteiger charge is -2.42. The van der Waals surface area contributed by atoms with Crippen molar-refractivity contribution in [3.8, 4) is 5.75 Å². The summed E-state index contributed by atoms with van der Waals surface area (Å²) in [5, 5.41) is 12.6. The van der Waals surface area contributed by atoms with Crippen LogP contribution in [0.3, 0.4) is 0 Å². The lowest BCUT2D eigenvalue weighted by molar-refractivity contribution is 0.0943. The van der Waals surface area contributed by atoms with Crippen LogP contribution in [0.15, 0.2) is 54.9 Å². The molecule has 2 heterocycles. The predicted octanol–water partition coefficient (Wildman–Crippen LogP) is 5.19. The molecule has 1 aliphatic rings. The van der Waals surface area contributed by atoms with Crippen LogP contribution in [0.1, 0.15) is 64.4 Å². The number of aliphatic hydroxyl groups is 1.